The van der Waals surface area contributed by atoms with E-state index in [0.29, 0.717) is 6.04 Å². The second-order valence-electron chi connectivity index (χ2n) is 4.64. The summed E-state index contributed by atoms with van der Waals surface area (Å²) in [6.45, 7) is 5.43. The molecule has 108 valence electrons. The minimum absolute atomic E-state index is 0.517. The van der Waals surface area contributed by atoms with Crippen LogP contribution < -0.4 is 5.32 Å². The molecule has 0 amide bonds. The van der Waals surface area contributed by atoms with Crippen LogP contribution >= 0.6 is 11.8 Å². The van der Waals surface area contributed by atoms with Gasteiger partial charge in [0.1, 0.15) is 0 Å². The van der Waals surface area contributed by atoms with Crippen LogP contribution in [0.15, 0.2) is 5.16 Å². The van der Waals surface area contributed by atoms with Gasteiger partial charge >= 0.3 is 0 Å². The molecule has 0 aromatic carbocycles. The molecule has 1 N–H and O–H groups in total. The Hall–Kier alpha value is -0.660. The van der Waals surface area contributed by atoms with Gasteiger partial charge in [-0.1, -0.05) is 24.6 Å². The molecule has 1 fully saturated rings. The molecule has 1 heterocycles. The first-order valence-electron chi connectivity index (χ1n) is 7.11. The van der Waals surface area contributed by atoms with Gasteiger partial charge in [-0.15, -0.1) is 5.10 Å². The number of rotatable bonds is 9. The molecule has 19 heavy (non-hydrogen) atoms. The van der Waals surface area contributed by atoms with E-state index in [9.17, 15) is 0 Å². The van der Waals surface area contributed by atoms with E-state index in [-0.39, 0.29) is 0 Å². The van der Waals surface area contributed by atoms with Gasteiger partial charge < -0.3 is 10.1 Å². The summed E-state index contributed by atoms with van der Waals surface area (Å²) in [5, 5.41) is 16.4. The van der Waals surface area contributed by atoms with E-state index >= 15 is 0 Å². The number of hydrogen-bond donors (Lipinski definition) is 1. The van der Waals surface area contributed by atoms with Crippen molar-refractivity contribution in [2.45, 2.75) is 43.8 Å². The number of ether oxygens (including phenoxy) is 1. The molecule has 6 nitrogen and oxygen atoms in total. The van der Waals surface area contributed by atoms with Crippen LogP contribution in [-0.2, 0) is 4.74 Å². The second-order valence-corrected chi connectivity index (χ2v) is 5.70. The Balaban J connectivity index is 1.64. The average Bonchev–Trinajstić information content (AvgIpc) is 3.08. The highest BCUT2D eigenvalue weighted by Gasteiger charge is 2.21. The molecule has 1 saturated carbocycles. The zero-order valence-corrected chi connectivity index (χ0v) is 12.4. The highest BCUT2D eigenvalue weighted by Crippen LogP contribution is 2.31. The largest absolute Gasteiger partial charge is 0.380 e. The van der Waals surface area contributed by atoms with E-state index in [1.165, 1.54) is 25.7 Å². The first-order chi connectivity index (χ1) is 9.42. The standard InChI is InChI=1S/C12H23N5OS/c1-2-18-9-7-13-8-10-19-12-14-15-16-17(12)11-5-3-4-6-11/h11,13H,2-10H2,1H3. The lowest BCUT2D eigenvalue weighted by Crippen LogP contribution is -2.22. The molecule has 0 aliphatic heterocycles. The first kappa shape index (κ1) is 14.7. The van der Waals surface area contributed by atoms with Crippen LogP contribution in [-0.4, -0.2) is 52.3 Å². The van der Waals surface area contributed by atoms with E-state index in [4.69, 9.17) is 4.74 Å². The predicted molar refractivity (Wildman–Crippen MR) is 75.4 cm³/mol. The van der Waals surface area contributed by atoms with E-state index in [1.807, 2.05) is 11.6 Å². The molecule has 0 saturated heterocycles. The van der Waals surface area contributed by atoms with Gasteiger partial charge in [0.15, 0.2) is 0 Å². The van der Waals surface area contributed by atoms with E-state index in [0.717, 1.165) is 37.2 Å². The summed E-state index contributed by atoms with van der Waals surface area (Å²) in [7, 11) is 0. The van der Waals surface area contributed by atoms with E-state index in [1.54, 1.807) is 11.8 Å². The van der Waals surface area contributed by atoms with Crippen LogP contribution in [0, 0.1) is 0 Å². The zero-order valence-electron chi connectivity index (χ0n) is 11.5. The minimum Gasteiger partial charge on any atom is -0.380 e. The van der Waals surface area contributed by atoms with Gasteiger partial charge in [0.25, 0.3) is 0 Å². The van der Waals surface area contributed by atoms with Crippen LogP contribution in [0.5, 0.6) is 0 Å². The smallest absolute Gasteiger partial charge is 0.209 e. The number of tetrazole rings is 1. The fourth-order valence-electron chi connectivity index (χ4n) is 2.29. The molecule has 1 aromatic rings. The lowest BCUT2D eigenvalue weighted by molar-refractivity contribution is 0.150. The Kier molecular flexibility index (Phi) is 6.59. The number of nitrogens with one attached hydrogen (secondary N) is 1. The molecular weight excluding hydrogens is 262 g/mol. The van der Waals surface area contributed by atoms with E-state index in [2.05, 4.69) is 20.8 Å². The van der Waals surface area contributed by atoms with Crippen LogP contribution in [0.2, 0.25) is 0 Å². The molecule has 0 atom stereocenters. The molecule has 0 spiro atoms. The van der Waals surface area contributed by atoms with Gasteiger partial charge in [0, 0.05) is 25.4 Å². The molecular formula is C12H23N5OS. The molecule has 0 radical (unpaired) electrons. The molecule has 1 aliphatic carbocycles. The third-order valence-corrected chi connectivity index (χ3v) is 4.21. The quantitative estimate of drug-likeness (QED) is 0.548. The van der Waals surface area contributed by atoms with Crippen molar-refractivity contribution in [2.24, 2.45) is 0 Å². The summed E-state index contributed by atoms with van der Waals surface area (Å²) >= 11 is 1.73. The molecule has 7 heteroatoms. The number of nitrogens with zero attached hydrogens (tertiary/aromatic N) is 4. The topological polar surface area (TPSA) is 64.9 Å². The maximum absolute atomic E-state index is 5.27. The Morgan fingerprint density at radius 1 is 1.37 bits per heavy atom. The van der Waals surface area contributed by atoms with Gasteiger partial charge in [-0.25, -0.2) is 4.68 Å². The first-order valence-corrected chi connectivity index (χ1v) is 8.09. The number of aromatic nitrogens is 4. The van der Waals surface area contributed by atoms with Gasteiger partial charge in [-0.2, -0.15) is 0 Å². The van der Waals surface area contributed by atoms with Crippen molar-refractivity contribution in [3.8, 4) is 0 Å². The summed E-state index contributed by atoms with van der Waals surface area (Å²) in [4.78, 5) is 0. The van der Waals surface area contributed by atoms with Crippen LogP contribution in [0.4, 0.5) is 0 Å². The van der Waals surface area contributed by atoms with Crippen molar-refractivity contribution >= 4 is 11.8 Å². The fourth-order valence-corrected chi connectivity index (χ4v) is 3.13. The third-order valence-electron chi connectivity index (χ3n) is 3.27. The SMILES string of the molecule is CCOCCNCCSc1nnnn1C1CCCC1. The van der Waals surface area contributed by atoms with Gasteiger partial charge in [-0.3, -0.25) is 0 Å². The number of hydrogen-bond acceptors (Lipinski definition) is 6. The van der Waals surface area contributed by atoms with Crippen molar-refractivity contribution < 1.29 is 4.74 Å². The summed E-state index contributed by atoms with van der Waals surface area (Å²) < 4.78 is 7.28. The average molecular weight is 285 g/mol. The summed E-state index contributed by atoms with van der Waals surface area (Å²) in [5.74, 6) is 0.985. The van der Waals surface area contributed by atoms with Crippen molar-refractivity contribution in [1.29, 1.82) is 0 Å². The molecule has 2 rings (SSSR count). The van der Waals surface area contributed by atoms with Crippen molar-refractivity contribution in [3.05, 3.63) is 0 Å². The maximum Gasteiger partial charge on any atom is 0.209 e. The maximum atomic E-state index is 5.27. The lowest BCUT2D eigenvalue weighted by atomic mass is 10.3. The summed E-state index contributed by atoms with van der Waals surface area (Å²) in [6.07, 6.45) is 5.03. The summed E-state index contributed by atoms with van der Waals surface area (Å²) in [5.41, 5.74) is 0. The monoisotopic (exact) mass is 285 g/mol. The zero-order chi connectivity index (χ0) is 13.3. The van der Waals surface area contributed by atoms with Gasteiger partial charge in [0.2, 0.25) is 5.16 Å². The minimum atomic E-state index is 0.517. The van der Waals surface area contributed by atoms with Crippen molar-refractivity contribution in [1.82, 2.24) is 25.5 Å². The van der Waals surface area contributed by atoms with Gasteiger partial charge in [-0.05, 0) is 30.2 Å². The third kappa shape index (κ3) is 4.74. The van der Waals surface area contributed by atoms with Crippen molar-refractivity contribution in [3.63, 3.8) is 0 Å². The Bertz CT molecular complexity index is 354. The molecule has 1 aliphatic rings. The van der Waals surface area contributed by atoms with Crippen LogP contribution in [0.3, 0.4) is 0 Å². The molecule has 0 bridgehead atoms. The number of thioether (sulfide) groups is 1. The van der Waals surface area contributed by atoms with Crippen LogP contribution in [0.25, 0.3) is 0 Å². The van der Waals surface area contributed by atoms with Crippen LogP contribution in [0.1, 0.15) is 38.6 Å². The van der Waals surface area contributed by atoms with E-state index < -0.39 is 0 Å². The lowest BCUT2D eigenvalue weighted by Gasteiger charge is -2.10. The predicted octanol–water partition coefficient (Wildman–Crippen LogP) is 1.51. The Labute approximate surface area is 118 Å². The molecule has 1 aromatic heterocycles. The van der Waals surface area contributed by atoms with Crippen molar-refractivity contribution in [2.75, 3.05) is 32.1 Å². The Morgan fingerprint density at radius 2 is 2.21 bits per heavy atom. The fraction of sp³-hybridized carbons (Fsp3) is 0.917. The highest BCUT2D eigenvalue weighted by molar-refractivity contribution is 7.99. The second kappa shape index (κ2) is 8.50. The normalized spacial score (nSPS) is 16.3. The molecule has 0 unspecified atom stereocenters. The Morgan fingerprint density at radius 3 is 3.00 bits per heavy atom. The highest BCUT2D eigenvalue weighted by atomic mass is 32.2. The van der Waals surface area contributed by atoms with Gasteiger partial charge in [0.05, 0.1) is 12.6 Å². The summed E-state index contributed by atoms with van der Waals surface area (Å²) in [6, 6.07) is 0.517.